The molecule has 0 fully saturated rings. The highest BCUT2D eigenvalue weighted by molar-refractivity contribution is 6.04. The molecule has 2 aromatic rings. The van der Waals surface area contributed by atoms with Crippen LogP contribution in [0.2, 0.25) is 0 Å². The summed E-state index contributed by atoms with van der Waals surface area (Å²) >= 11 is 0. The predicted octanol–water partition coefficient (Wildman–Crippen LogP) is 2.73. The number of hydrogen-bond donors (Lipinski definition) is 2. The van der Waals surface area contributed by atoms with Crippen molar-refractivity contribution in [1.82, 2.24) is 0 Å². The molecule has 4 rings (SSSR count). The van der Waals surface area contributed by atoms with Gasteiger partial charge in [0.25, 0.3) is 5.91 Å². The predicted molar refractivity (Wildman–Crippen MR) is 77.1 cm³/mol. The van der Waals surface area contributed by atoms with Gasteiger partial charge in [-0.05, 0) is 29.8 Å². The van der Waals surface area contributed by atoms with Crippen molar-refractivity contribution in [2.75, 3.05) is 17.2 Å². The summed E-state index contributed by atoms with van der Waals surface area (Å²) in [4.78, 5) is 12.1. The molecule has 0 spiro atoms. The molecule has 0 saturated carbocycles. The van der Waals surface area contributed by atoms with Crippen molar-refractivity contribution in [1.29, 1.82) is 0 Å². The molecular weight excluding hydrogens is 252 g/mol. The Morgan fingerprint density at radius 2 is 2.10 bits per heavy atom. The first-order valence-corrected chi connectivity index (χ1v) is 6.73. The number of para-hydroxylation sites is 1. The van der Waals surface area contributed by atoms with Crippen LogP contribution in [-0.4, -0.2) is 12.5 Å². The fraction of sp³-hybridized carbons (Fsp3) is 0.188. The van der Waals surface area contributed by atoms with Gasteiger partial charge in [0.2, 0.25) is 0 Å². The Kier molecular flexibility index (Phi) is 2.42. The lowest BCUT2D eigenvalue weighted by Gasteiger charge is -2.13. The van der Waals surface area contributed by atoms with Gasteiger partial charge in [-0.15, -0.1) is 0 Å². The third kappa shape index (κ3) is 1.72. The maximum absolute atomic E-state index is 12.1. The zero-order valence-corrected chi connectivity index (χ0v) is 10.8. The second kappa shape index (κ2) is 4.27. The number of carbonyl (C=O) groups is 1. The van der Waals surface area contributed by atoms with E-state index in [1.807, 2.05) is 36.4 Å². The standard InChI is InChI=1S/C16H14N2O2/c19-16-15(12-3-1-2-4-13(12)18-16)17-11-5-6-14-10(9-11)7-8-20-14/h1-6,9,15,17H,7-8H2,(H,18,19). The Hall–Kier alpha value is -2.49. The van der Waals surface area contributed by atoms with Gasteiger partial charge in [-0.1, -0.05) is 18.2 Å². The van der Waals surface area contributed by atoms with Crippen LogP contribution in [0.3, 0.4) is 0 Å². The first kappa shape index (κ1) is 11.3. The van der Waals surface area contributed by atoms with Gasteiger partial charge in [-0.25, -0.2) is 0 Å². The molecule has 100 valence electrons. The number of fused-ring (bicyclic) bond motifs is 2. The minimum atomic E-state index is -0.327. The fourth-order valence-electron chi connectivity index (χ4n) is 2.80. The first-order chi connectivity index (χ1) is 9.81. The number of carbonyl (C=O) groups excluding carboxylic acids is 1. The monoisotopic (exact) mass is 266 g/mol. The Morgan fingerprint density at radius 3 is 3.05 bits per heavy atom. The van der Waals surface area contributed by atoms with Crippen LogP contribution in [0.4, 0.5) is 11.4 Å². The number of anilines is 2. The number of rotatable bonds is 2. The zero-order chi connectivity index (χ0) is 13.5. The lowest BCUT2D eigenvalue weighted by molar-refractivity contribution is -0.116. The third-order valence-electron chi connectivity index (χ3n) is 3.79. The normalized spacial score (nSPS) is 19.0. The average Bonchev–Trinajstić information content (AvgIpc) is 3.04. The van der Waals surface area contributed by atoms with Gasteiger partial charge in [-0.3, -0.25) is 4.79 Å². The van der Waals surface area contributed by atoms with E-state index in [1.165, 1.54) is 5.56 Å². The molecule has 20 heavy (non-hydrogen) atoms. The summed E-state index contributed by atoms with van der Waals surface area (Å²) in [6.45, 7) is 0.742. The minimum Gasteiger partial charge on any atom is -0.493 e. The van der Waals surface area contributed by atoms with Crippen molar-refractivity contribution in [2.45, 2.75) is 12.5 Å². The van der Waals surface area contributed by atoms with E-state index < -0.39 is 0 Å². The molecule has 1 amide bonds. The molecule has 4 nitrogen and oxygen atoms in total. The Morgan fingerprint density at radius 1 is 1.20 bits per heavy atom. The molecule has 1 unspecified atom stereocenters. The van der Waals surface area contributed by atoms with Gasteiger partial charge in [-0.2, -0.15) is 0 Å². The smallest absolute Gasteiger partial charge is 0.251 e. The molecule has 0 aliphatic carbocycles. The van der Waals surface area contributed by atoms with E-state index in [2.05, 4.69) is 16.7 Å². The van der Waals surface area contributed by atoms with E-state index in [1.54, 1.807) is 0 Å². The van der Waals surface area contributed by atoms with Gasteiger partial charge in [0.05, 0.1) is 6.61 Å². The van der Waals surface area contributed by atoms with Crippen molar-refractivity contribution in [3.05, 3.63) is 53.6 Å². The molecule has 2 aromatic carbocycles. The summed E-state index contributed by atoms with van der Waals surface area (Å²) in [7, 11) is 0. The van der Waals surface area contributed by atoms with E-state index in [0.717, 1.165) is 35.7 Å². The van der Waals surface area contributed by atoms with Gasteiger partial charge < -0.3 is 15.4 Å². The van der Waals surface area contributed by atoms with Crippen LogP contribution in [0.25, 0.3) is 0 Å². The highest BCUT2D eigenvalue weighted by Gasteiger charge is 2.30. The largest absolute Gasteiger partial charge is 0.493 e. The second-order valence-corrected chi connectivity index (χ2v) is 5.07. The molecule has 0 radical (unpaired) electrons. The molecular formula is C16H14N2O2. The number of nitrogens with one attached hydrogen (secondary N) is 2. The molecule has 2 aliphatic rings. The molecule has 0 aromatic heterocycles. The lowest BCUT2D eigenvalue weighted by atomic mass is 10.1. The van der Waals surface area contributed by atoms with Crippen molar-refractivity contribution in [2.24, 2.45) is 0 Å². The lowest BCUT2D eigenvalue weighted by Crippen LogP contribution is -2.19. The Bertz CT molecular complexity index is 697. The summed E-state index contributed by atoms with van der Waals surface area (Å²) in [6.07, 6.45) is 0.929. The van der Waals surface area contributed by atoms with Crippen LogP contribution in [0, 0.1) is 0 Å². The summed E-state index contributed by atoms with van der Waals surface area (Å²) in [5, 5.41) is 6.20. The maximum atomic E-state index is 12.1. The van der Waals surface area contributed by atoms with Crippen LogP contribution >= 0.6 is 0 Å². The van der Waals surface area contributed by atoms with Gasteiger partial charge in [0, 0.05) is 23.4 Å². The van der Waals surface area contributed by atoms with E-state index >= 15 is 0 Å². The maximum Gasteiger partial charge on any atom is 0.251 e. The van der Waals surface area contributed by atoms with E-state index in [4.69, 9.17) is 4.74 Å². The first-order valence-electron chi connectivity index (χ1n) is 6.73. The van der Waals surface area contributed by atoms with Crippen LogP contribution in [-0.2, 0) is 11.2 Å². The molecule has 1 atom stereocenters. The molecule has 2 N–H and O–H groups in total. The molecule has 0 saturated heterocycles. The molecule has 2 heterocycles. The summed E-state index contributed by atoms with van der Waals surface area (Å²) in [5.41, 5.74) is 4.03. The molecule has 2 aliphatic heterocycles. The quantitative estimate of drug-likeness (QED) is 0.878. The number of benzene rings is 2. The van der Waals surface area contributed by atoms with Crippen molar-refractivity contribution in [3.63, 3.8) is 0 Å². The van der Waals surface area contributed by atoms with Crippen molar-refractivity contribution in [3.8, 4) is 5.75 Å². The van der Waals surface area contributed by atoms with Crippen molar-refractivity contribution < 1.29 is 9.53 Å². The Labute approximate surface area is 116 Å². The highest BCUT2D eigenvalue weighted by Crippen LogP contribution is 2.34. The van der Waals surface area contributed by atoms with Gasteiger partial charge >= 0.3 is 0 Å². The van der Waals surface area contributed by atoms with E-state index in [9.17, 15) is 4.79 Å². The van der Waals surface area contributed by atoms with Gasteiger partial charge in [0.1, 0.15) is 11.8 Å². The number of ether oxygens (including phenoxy) is 1. The summed E-state index contributed by atoms with van der Waals surface area (Å²) < 4.78 is 5.49. The van der Waals surface area contributed by atoms with Gasteiger partial charge in [0.15, 0.2) is 0 Å². The summed E-state index contributed by atoms with van der Waals surface area (Å²) in [5.74, 6) is 0.940. The van der Waals surface area contributed by atoms with Crippen LogP contribution in [0.5, 0.6) is 5.75 Å². The minimum absolute atomic E-state index is 0.0112. The van der Waals surface area contributed by atoms with Crippen molar-refractivity contribution >= 4 is 17.3 Å². The fourth-order valence-corrected chi connectivity index (χ4v) is 2.80. The van der Waals surface area contributed by atoms with Crippen LogP contribution in [0.1, 0.15) is 17.2 Å². The average molecular weight is 266 g/mol. The zero-order valence-electron chi connectivity index (χ0n) is 10.8. The number of hydrogen-bond acceptors (Lipinski definition) is 3. The molecule has 4 heteroatoms. The summed E-state index contributed by atoms with van der Waals surface area (Å²) in [6, 6.07) is 13.4. The van der Waals surface area contributed by atoms with Crippen LogP contribution in [0.15, 0.2) is 42.5 Å². The highest BCUT2D eigenvalue weighted by atomic mass is 16.5. The third-order valence-corrected chi connectivity index (χ3v) is 3.79. The Balaban J connectivity index is 1.65. The van der Waals surface area contributed by atoms with E-state index in [-0.39, 0.29) is 11.9 Å². The molecule has 0 bridgehead atoms. The SMILES string of the molecule is O=C1Nc2ccccc2C1Nc1ccc2c(c1)CCO2. The van der Waals surface area contributed by atoms with Crippen LogP contribution < -0.4 is 15.4 Å². The van der Waals surface area contributed by atoms with E-state index in [0.29, 0.717) is 0 Å². The second-order valence-electron chi connectivity index (χ2n) is 5.07. The topological polar surface area (TPSA) is 50.4 Å². The number of amides is 1.